The molecule has 22 heavy (non-hydrogen) atoms. The molecule has 0 unspecified atom stereocenters. The topological polar surface area (TPSA) is 4.93 Å². The summed E-state index contributed by atoms with van der Waals surface area (Å²) in [6.07, 6.45) is 14.2. The minimum atomic E-state index is 0.984. The molecule has 112 valence electrons. The van der Waals surface area contributed by atoms with Crippen molar-refractivity contribution in [3.8, 4) is 0 Å². The van der Waals surface area contributed by atoms with Gasteiger partial charge in [0, 0.05) is 21.7 Å². The third kappa shape index (κ3) is 2.75. The lowest BCUT2D eigenvalue weighted by Gasteiger charge is -2.08. The Morgan fingerprint density at radius 2 is 1.86 bits per heavy atom. The van der Waals surface area contributed by atoms with Crippen LogP contribution in [0, 0.1) is 6.92 Å². The Hall–Kier alpha value is -2.54. The summed E-state index contributed by atoms with van der Waals surface area (Å²) in [4.78, 5) is 0. The van der Waals surface area contributed by atoms with E-state index in [0.29, 0.717) is 0 Å². The molecule has 0 aliphatic carbocycles. The van der Waals surface area contributed by atoms with Crippen LogP contribution < -0.4 is 10.6 Å². The predicted octanol–water partition coefficient (Wildman–Crippen LogP) is 4.32. The lowest BCUT2D eigenvalue weighted by Crippen LogP contribution is -2.26. The largest absolute Gasteiger partial charge is 0.310 e. The van der Waals surface area contributed by atoms with Crippen molar-refractivity contribution in [2.45, 2.75) is 20.8 Å². The number of allylic oxidation sites excluding steroid dienone is 7. The highest BCUT2D eigenvalue weighted by Gasteiger charge is 2.09. The molecule has 0 spiro atoms. The molecule has 0 bridgehead atoms. The highest BCUT2D eigenvalue weighted by atomic mass is 15.0. The molecule has 0 saturated heterocycles. The van der Waals surface area contributed by atoms with Crippen LogP contribution in [0.15, 0.2) is 61.2 Å². The van der Waals surface area contributed by atoms with Crippen LogP contribution in [0.25, 0.3) is 29.3 Å². The van der Waals surface area contributed by atoms with Gasteiger partial charge in [-0.25, -0.2) is 0 Å². The molecule has 1 aromatic carbocycles. The van der Waals surface area contributed by atoms with Crippen LogP contribution in [0.4, 0.5) is 0 Å². The summed E-state index contributed by atoms with van der Waals surface area (Å²) in [5.74, 6) is 0. The molecule has 2 aromatic rings. The maximum Gasteiger partial charge on any atom is 0.0569 e. The van der Waals surface area contributed by atoms with E-state index in [4.69, 9.17) is 0 Å². The fourth-order valence-electron chi connectivity index (χ4n) is 2.68. The van der Waals surface area contributed by atoms with Gasteiger partial charge in [0.15, 0.2) is 0 Å². The molecule has 2 rings (SSSR count). The highest BCUT2D eigenvalue weighted by molar-refractivity contribution is 5.89. The molecule has 0 amide bonds. The van der Waals surface area contributed by atoms with Gasteiger partial charge in [-0.1, -0.05) is 61.7 Å². The maximum absolute atomic E-state index is 4.31. The molecule has 1 heterocycles. The smallest absolute Gasteiger partial charge is 0.0569 e. The Morgan fingerprint density at radius 3 is 2.50 bits per heavy atom. The zero-order chi connectivity index (χ0) is 16.1. The first-order valence-electron chi connectivity index (χ1n) is 7.53. The quantitative estimate of drug-likeness (QED) is 0.739. The monoisotopic (exact) mass is 289 g/mol. The molecule has 0 radical (unpaired) electrons. The molecule has 0 aliphatic rings. The van der Waals surface area contributed by atoms with Gasteiger partial charge >= 0.3 is 0 Å². The van der Waals surface area contributed by atoms with Gasteiger partial charge in [-0.05, 0) is 38.5 Å². The SMILES string of the molecule is C=C/C(=C\C=C/C)n1c(=C)/c(=C\C=C/C)c2cccc(C)c21. The number of fused-ring (bicyclic) bond motifs is 1. The van der Waals surface area contributed by atoms with Crippen molar-refractivity contribution in [2.75, 3.05) is 0 Å². The van der Waals surface area contributed by atoms with Crippen LogP contribution >= 0.6 is 0 Å². The van der Waals surface area contributed by atoms with E-state index in [1.807, 2.05) is 38.2 Å². The normalized spacial score (nSPS) is 13.8. The van der Waals surface area contributed by atoms with Gasteiger partial charge in [0.1, 0.15) is 0 Å². The van der Waals surface area contributed by atoms with Gasteiger partial charge in [-0.2, -0.15) is 0 Å². The second kappa shape index (κ2) is 6.95. The standard InChI is InChI=1S/C21H23N/c1-6-9-13-18(8-3)22-17(5)19(14-10-7-2)20-15-11-12-16(4)21(20)22/h6-15H,3,5H2,1-2,4H3/b9-6-,10-7-,18-13+,19-14+. The van der Waals surface area contributed by atoms with Crippen molar-refractivity contribution in [1.82, 2.24) is 4.57 Å². The van der Waals surface area contributed by atoms with Crippen molar-refractivity contribution in [1.29, 1.82) is 0 Å². The summed E-state index contributed by atoms with van der Waals surface area (Å²) in [7, 11) is 0. The molecule has 0 fully saturated rings. The first-order valence-corrected chi connectivity index (χ1v) is 7.53. The van der Waals surface area contributed by atoms with E-state index in [2.05, 4.69) is 61.1 Å². The number of aryl methyl sites for hydroxylation is 1. The molecule has 0 aliphatic heterocycles. The molecule has 1 nitrogen and oxygen atoms in total. The maximum atomic E-state index is 4.31. The number of nitrogens with zero attached hydrogens (tertiary/aromatic N) is 1. The number of benzene rings is 1. The van der Waals surface area contributed by atoms with Crippen molar-refractivity contribution >= 4 is 29.3 Å². The minimum absolute atomic E-state index is 0.984. The molecular formula is C21H23N. The number of hydrogen-bond acceptors (Lipinski definition) is 0. The fourth-order valence-corrected chi connectivity index (χ4v) is 2.68. The van der Waals surface area contributed by atoms with Crippen molar-refractivity contribution in [2.24, 2.45) is 0 Å². The van der Waals surface area contributed by atoms with Gasteiger partial charge in [-0.3, -0.25) is 0 Å². The van der Waals surface area contributed by atoms with Crippen molar-refractivity contribution < 1.29 is 0 Å². The Kier molecular flexibility index (Phi) is 5.00. The van der Waals surface area contributed by atoms with Crippen LogP contribution in [0.1, 0.15) is 19.4 Å². The molecular weight excluding hydrogens is 266 g/mol. The van der Waals surface area contributed by atoms with Gasteiger partial charge in [0.05, 0.1) is 5.52 Å². The van der Waals surface area contributed by atoms with Crippen molar-refractivity contribution in [3.05, 3.63) is 77.4 Å². The van der Waals surface area contributed by atoms with E-state index in [1.54, 1.807) is 0 Å². The molecule has 1 heteroatoms. The average molecular weight is 289 g/mol. The van der Waals surface area contributed by atoms with E-state index in [1.165, 1.54) is 16.5 Å². The summed E-state index contributed by atoms with van der Waals surface area (Å²) >= 11 is 0. The summed E-state index contributed by atoms with van der Waals surface area (Å²) in [5, 5.41) is 3.36. The minimum Gasteiger partial charge on any atom is -0.310 e. The zero-order valence-corrected chi connectivity index (χ0v) is 13.6. The van der Waals surface area contributed by atoms with Crippen LogP contribution in [0.5, 0.6) is 0 Å². The molecule has 0 atom stereocenters. The summed E-state index contributed by atoms with van der Waals surface area (Å²) in [5.41, 5.74) is 3.46. The van der Waals surface area contributed by atoms with Gasteiger partial charge in [0.25, 0.3) is 0 Å². The third-order valence-electron chi connectivity index (χ3n) is 3.71. The fraction of sp³-hybridized carbons (Fsp3) is 0.143. The third-order valence-corrected chi connectivity index (χ3v) is 3.71. The van der Waals surface area contributed by atoms with E-state index in [0.717, 1.165) is 16.3 Å². The first-order chi connectivity index (χ1) is 10.7. The Morgan fingerprint density at radius 1 is 1.14 bits per heavy atom. The number of rotatable bonds is 4. The van der Waals surface area contributed by atoms with Crippen LogP contribution in [-0.4, -0.2) is 4.57 Å². The average Bonchev–Trinajstić information content (AvgIpc) is 2.80. The molecule has 0 saturated carbocycles. The van der Waals surface area contributed by atoms with Crippen LogP contribution in [-0.2, 0) is 0 Å². The summed E-state index contributed by atoms with van der Waals surface area (Å²) in [6, 6.07) is 6.38. The van der Waals surface area contributed by atoms with E-state index in [9.17, 15) is 0 Å². The Labute approximate surface area is 132 Å². The van der Waals surface area contributed by atoms with Gasteiger partial charge in [-0.15, -0.1) is 0 Å². The second-order valence-corrected chi connectivity index (χ2v) is 5.18. The first kappa shape index (κ1) is 15.8. The lowest BCUT2D eigenvalue weighted by molar-refractivity contribution is 1.11. The Bertz CT molecular complexity index is 886. The molecule has 0 N–H and O–H groups in total. The van der Waals surface area contributed by atoms with E-state index < -0.39 is 0 Å². The molecule has 1 aromatic heterocycles. The Balaban J connectivity index is 3.00. The van der Waals surface area contributed by atoms with Crippen LogP contribution in [0.2, 0.25) is 0 Å². The van der Waals surface area contributed by atoms with Gasteiger partial charge < -0.3 is 4.57 Å². The predicted molar refractivity (Wildman–Crippen MR) is 100 cm³/mol. The summed E-state index contributed by atoms with van der Waals surface area (Å²) < 4.78 is 2.19. The number of hydrogen-bond donors (Lipinski definition) is 0. The van der Waals surface area contributed by atoms with Crippen molar-refractivity contribution in [3.63, 3.8) is 0 Å². The van der Waals surface area contributed by atoms with E-state index in [-0.39, 0.29) is 0 Å². The number of para-hydroxylation sites is 1. The highest BCUT2D eigenvalue weighted by Crippen LogP contribution is 2.18. The number of aromatic nitrogens is 1. The second-order valence-electron chi connectivity index (χ2n) is 5.18. The van der Waals surface area contributed by atoms with E-state index >= 15 is 0 Å². The van der Waals surface area contributed by atoms with Gasteiger partial charge in [0.2, 0.25) is 0 Å². The summed E-state index contributed by atoms with van der Waals surface area (Å²) in [6.45, 7) is 14.4. The zero-order valence-electron chi connectivity index (χ0n) is 13.6. The lowest BCUT2D eigenvalue weighted by atomic mass is 10.1. The van der Waals surface area contributed by atoms with Crippen LogP contribution in [0.3, 0.4) is 0 Å².